The van der Waals surface area contributed by atoms with E-state index < -0.39 is 9.84 Å². The highest BCUT2D eigenvalue weighted by Gasteiger charge is 2.34. The molecule has 0 aromatic carbocycles. The lowest BCUT2D eigenvalue weighted by molar-refractivity contribution is 0.166. The molecular weight excluding hydrogens is 266 g/mol. The van der Waals surface area contributed by atoms with E-state index in [1.807, 2.05) is 6.92 Å². The fourth-order valence-electron chi connectivity index (χ4n) is 2.14. The summed E-state index contributed by atoms with van der Waals surface area (Å²) in [6.45, 7) is 7.51. The highest BCUT2D eigenvalue weighted by molar-refractivity contribution is 7.92. The minimum Gasteiger partial charge on any atom is -0.409 e. The van der Waals surface area contributed by atoms with Crippen LogP contribution in [0.1, 0.15) is 33.6 Å². The van der Waals surface area contributed by atoms with Crippen molar-refractivity contribution in [2.75, 3.05) is 25.4 Å². The number of hydrogen-bond donors (Lipinski definition) is 2. The molecule has 7 heteroatoms. The molecule has 1 fully saturated rings. The minimum absolute atomic E-state index is 0.199. The maximum absolute atomic E-state index is 11.8. The summed E-state index contributed by atoms with van der Waals surface area (Å²) in [6.07, 6.45) is 1.56. The molecule has 3 N–H and O–H groups in total. The van der Waals surface area contributed by atoms with Gasteiger partial charge in [-0.25, -0.2) is 8.42 Å². The van der Waals surface area contributed by atoms with Crippen molar-refractivity contribution in [2.24, 2.45) is 16.3 Å². The van der Waals surface area contributed by atoms with Crippen molar-refractivity contribution in [3.05, 3.63) is 0 Å². The van der Waals surface area contributed by atoms with Gasteiger partial charge in [-0.05, 0) is 39.8 Å². The molecular formula is C12H25N3O3S. The quantitative estimate of drug-likeness (QED) is 0.336. The number of nitrogens with zero attached hydrogens (tertiary/aromatic N) is 2. The van der Waals surface area contributed by atoms with Crippen molar-refractivity contribution in [3.8, 4) is 0 Å². The Labute approximate surface area is 115 Å². The average Bonchev–Trinajstić information content (AvgIpc) is 2.37. The molecule has 1 heterocycles. The van der Waals surface area contributed by atoms with E-state index in [0.717, 1.165) is 25.9 Å². The molecule has 112 valence electrons. The third-order valence-corrected chi connectivity index (χ3v) is 6.28. The Balaban J connectivity index is 2.48. The Morgan fingerprint density at radius 2 is 1.95 bits per heavy atom. The van der Waals surface area contributed by atoms with Crippen LogP contribution in [-0.4, -0.2) is 55.0 Å². The maximum Gasteiger partial charge on any atom is 0.153 e. The van der Waals surface area contributed by atoms with Gasteiger partial charge < -0.3 is 15.8 Å². The number of rotatable bonds is 5. The summed E-state index contributed by atoms with van der Waals surface area (Å²) in [5.41, 5.74) is 5.42. The molecule has 19 heavy (non-hydrogen) atoms. The van der Waals surface area contributed by atoms with Gasteiger partial charge in [-0.1, -0.05) is 12.1 Å². The Hall–Kier alpha value is -0.820. The summed E-state index contributed by atoms with van der Waals surface area (Å²) in [6, 6.07) is 0. The monoisotopic (exact) mass is 291 g/mol. The SMILES string of the molecule is CC(C)S(=O)(=O)CCN1CCC(C)(C(N)=NO)CC1. The van der Waals surface area contributed by atoms with Crippen LogP contribution < -0.4 is 5.73 Å². The number of amidine groups is 1. The molecule has 0 aromatic heterocycles. The number of piperidine rings is 1. The second kappa shape index (κ2) is 6.09. The van der Waals surface area contributed by atoms with Crippen LogP contribution in [0.5, 0.6) is 0 Å². The Kier molecular flexibility index (Phi) is 5.20. The molecule has 6 nitrogen and oxygen atoms in total. The van der Waals surface area contributed by atoms with Crippen LogP contribution in [0.2, 0.25) is 0 Å². The normalized spacial score (nSPS) is 21.8. The van der Waals surface area contributed by atoms with Gasteiger partial charge in [0.2, 0.25) is 0 Å². The third-order valence-electron chi connectivity index (χ3n) is 4.10. The van der Waals surface area contributed by atoms with Crippen molar-refractivity contribution in [1.29, 1.82) is 0 Å². The van der Waals surface area contributed by atoms with E-state index in [2.05, 4.69) is 10.1 Å². The number of nitrogens with two attached hydrogens (primary N) is 1. The minimum atomic E-state index is -2.98. The second-order valence-corrected chi connectivity index (χ2v) is 8.48. The van der Waals surface area contributed by atoms with Gasteiger partial charge in [0.25, 0.3) is 0 Å². The molecule has 0 bridgehead atoms. The zero-order valence-corrected chi connectivity index (χ0v) is 12.8. The van der Waals surface area contributed by atoms with Gasteiger partial charge in [-0.3, -0.25) is 0 Å². The van der Waals surface area contributed by atoms with E-state index in [1.54, 1.807) is 13.8 Å². The van der Waals surface area contributed by atoms with Crippen molar-refractivity contribution in [3.63, 3.8) is 0 Å². The molecule has 0 atom stereocenters. The first kappa shape index (κ1) is 16.2. The molecule has 0 spiro atoms. The lowest BCUT2D eigenvalue weighted by Crippen LogP contribution is -2.46. The standard InChI is InChI=1S/C12H25N3O3S/c1-10(2)19(17,18)9-8-15-6-4-12(3,5-7-15)11(13)14-16/h10,16H,4-9H2,1-3H3,(H2,13,14). The van der Waals surface area contributed by atoms with Gasteiger partial charge in [0.1, 0.15) is 5.84 Å². The third kappa shape index (κ3) is 4.07. The van der Waals surface area contributed by atoms with Gasteiger partial charge in [0.15, 0.2) is 9.84 Å². The molecule has 0 radical (unpaired) electrons. The van der Waals surface area contributed by atoms with Gasteiger partial charge in [0.05, 0.1) is 11.0 Å². The predicted octanol–water partition coefficient (Wildman–Crippen LogP) is 0.658. The highest BCUT2D eigenvalue weighted by atomic mass is 32.2. The maximum atomic E-state index is 11.8. The van der Waals surface area contributed by atoms with Crippen LogP contribution in [0, 0.1) is 5.41 Å². The first-order valence-electron chi connectivity index (χ1n) is 6.63. The van der Waals surface area contributed by atoms with Crippen LogP contribution in [0.15, 0.2) is 5.16 Å². The van der Waals surface area contributed by atoms with Crippen molar-refractivity contribution >= 4 is 15.7 Å². The van der Waals surface area contributed by atoms with E-state index >= 15 is 0 Å². The lowest BCUT2D eigenvalue weighted by Gasteiger charge is -2.38. The summed E-state index contributed by atoms with van der Waals surface area (Å²) in [7, 11) is -2.98. The van der Waals surface area contributed by atoms with Gasteiger partial charge in [0, 0.05) is 12.0 Å². The molecule has 1 aliphatic heterocycles. The molecule has 1 aliphatic rings. The van der Waals surface area contributed by atoms with Crippen LogP contribution in [0.4, 0.5) is 0 Å². The van der Waals surface area contributed by atoms with Crippen LogP contribution in [0.25, 0.3) is 0 Å². The van der Waals surface area contributed by atoms with Crippen molar-refractivity contribution < 1.29 is 13.6 Å². The molecule has 1 saturated heterocycles. The summed E-state index contributed by atoms with van der Waals surface area (Å²) in [5, 5.41) is 11.5. The first-order valence-corrected chi connectivity index (χ1v) is 8.35. The fourth-order valence-corrected chi connectivity index (χ4v) is 3.12. The van der Waals surface area contributed by atoms with Crippen LogP contribution >= 0.6 is 0 Å². The fraction of sp³-hybridized carbons (Fsp3) is 0.917. The van der Waals surface area contributed by atoms with Crippen molar-refractivity contribution in [1.82, 2.24) is 4.90 Å². The number of sulfone groups is 1. The van der Waals surface area contributed by atoms with Crippen LogP contribution in [-0.2, 0) is 9.84 Å². The van der Waals surface area contributed by atoms with Gasteiger partial charge >= 0.3 is 0 Å². The zero-order chi connectivity index (χ0) is 14.7. The number of hydrogen-bond acceptors (Lipinski definition) is 5. The number of oxime groups is 1. The van der Waals surface area contributed by atoms with E-state index in [4.69, 9.17) is 10.9 Å². The molecule has 0 unspecified atom stereocenters. The Morgan fingerprint density at radius 1 is 1.42 bits per heavy atom. The van der Waals surface area contributed by atoms with E-state index in [9.17, 15) is 8.42 Å². The Morgan fingerprint density at radius 3 is 2.37 bits per heavy atom. The largest absolute Gasteiger partial charge is 0.409 e. The molecule has 0 amide bonds. The van der Waals surface area contributed by atoms with Gasteiger partial charge in [-0.2, -0.15) is 0 Å². The summed E-state index contributed by atoms with van der Waals surface area (Å²) in [5.74, 6) is 0.465. The van der Waals surface area contributed by atoms with E-state index in [1.165, 1.54) is 0 Å². The molecule has 0 aliphatic carbocycles. The van der Waals surface area contributed by atoms with Gasteiger partial charge in [-0.15, -0.1) is 0 Å². The summed E-state index contributed by atoms with van der Waals surface area (Å²) < 4.78 is 23.5. The smallest absolute Gasteiger partial charge is 0.153 e. The van der Waals surface area contributed by atoms with Crippen LogP contribution in [0.3, 0.4) is 0 Å². The lowest BCUT2D eigenvalue weighted by atomic mass is 9.79. The summed E-state index contributed by atoms with van der Waals surface area (Å²) >= 11 is 0. The van der Waals surface area contributed by atoms with E-state index in [-0.39, 0.29) is 22.3 Å². The topological polar surface area (TPSA) is 96.0 Å². The highest BCUT2D eigenvalue weighted by Crippen LogP contribution is 2.30. The van der Waals surface area contributed by atoms with Crippen molar-refractivity contribution in [2.45, 2.75) is 38.9 Å². The first-order chi connectivity index (χ1) is 8.71. The molecule has 0 aromatic rings. The summed E-state index contributed by atoms with van der Waals surface area (Å²) in [4.78, 5) is 2.13. The predicted molar refractivity (Wildman–Crippen MR) is 76.1 cm³/mol. The molecule has 1 rings (SSSR count). The Bertz CT molecular complexity index is 424. The zero-order valence-electron chi connectivity index (χ0n) is 12.0. The average molecular weight is 291 g/mol. The molecule has 0 saturated carbocycles. The van der Waals surface area contributed by atoms with E-state index in [0.29, 0.717) is 6.54 Å². The number of likely N-dealkylation sites (tertiary alicyclic amines) is 1. The second-order valence-electron chi connectivity index (χ2n) is 5.80.